The van der Waals surface area contributed by atoms with E-state index in [2.05, 4.69) is 0 Å². The molecule has 0 radical (unpaired) electrons. The molecule has 3 aromatic rings. The second kappa shape index (κ2) is 9.00. The van der Waals surface area contributed by atoms with E-state index in [0.717, 1.165) is 16.7 Å². The molecule has 0 aliphatic carbocycles. The summed E-state index contributed by atoms with van der Waals surface area (Å²) in [5, 5.41) is 0. The van der Waals surface area contributed by atoms with E-state index < -0.39 is 5.97 Å². The van der Waals surface area contributed by atoms with Gasteiger partial charge in [0.2, 0.25) is 0 Å². The van der Waals surface area contributed by atoms with Gasteiger partial charge in [-0.3, -0.25) is 4.79 Å². The van der Waals surface area contributed by atoms with Crippen LogP contribution >= 0.6 is 0 Å². The molecule has 28 heavy (non-hydrogen) atoms. The first-order chi connectivity index (χ1) is 13.5. The van der Waals surface area contributed by atoms with Gasteiger partial charge < -0.3 is 9.47 Å². The predicted octanol–water partition coefficient (Wildman–Crippen LogP) is 4.66. The SMILES string of the molecule is Cc1ccc(C)c(COC(=O)COc2ccc(C(=O)c3ccccc3)cc2)c1. The van der Waals surface area contributed by atoms with Crippen molar-refractivity contribution in [3.8, 4) is 5.75 Å². The molecule has 142 valence electrons. The van der Waals surface area contributed by atoms with E-state index in [1.54, 1.807) is 36.4 Å². The Morgan fingerprint density at radius 3 is 2.21 bits per heavy atom. The van der Waals surface area contributed by atoms with Crippen LogP contribution < -0.4 is 4.74 Å². The minimum atomic E-state index is -0.439. The minimum absolute atomic E-state index is 0.0555. The Morgan fingerprint density at radius 2 is 1.50 bits per heavy atom. The number of benzene rings is 3. The number of carbonyl (C=O) groups is 2. The van der Waals surface area contributed by atoms with Gasteiger partial charge in [-0.05, 0) is 49.2 Å². The maximum Gasteiger partial charge on any atom is 0.344 e. The van der Waals surface area contributed by atoms with Crippen LogP contribution in [0.15, 0.2) is 72.8 Å². The Labute approximate surface area is 164 Å². The number of aryl methyl sites for hydroxylation is 2. The quantitative estimate of drug-likeness (QED) is 0.446. The minimum Gasteiger partial charge on any atom is -0.482 e. The van der Waals surface area contributed by atoms with E-state index in [4.69, 9.17) is 9.47 Å². The topological polar surface area (TPSA) is 52.6 Å². The van der Waals surface area contributed by atoms with Gasteiger partial charge in [-0.15, -0.1) is 0 Å². The summed E-state index contributed by atoms with van der Waals surface area (Å²) in [6.07, 6.45) is 0. The number of hydrogen-bond donors (Lipinski definition) is 0. The molecule has 0 atom stereocenters. The lowest BCUT2D eigenvalue weighted by Crippen LogP contribution is -2.15. The molecule has 0 aromatic heterocycles. The van der Waals surface area contributed by atoms with Crippen LogP contribution in [0.3, 0.4) is 0 Å². The average Bonchev–Trinajstić information content (AvgIpc) is 2.73. The number of rotatable bonds is 7. The number of ether oxygens (including phenoxy) is 2. The highest BCUT2D eigenvalue weighted by atomic mass is 16.6. The second-order valence-corrected chi connectivity index (χ2v) is 6.60. The monoisotopic (exact) mass is 374 g/mol. The third-order valence-corrected chi connectivity index (χ3v) is 4.40. The lowest BCUT2D eigenvalue weighted by atomic mass is 10.0. The third-order valence-electron chi connectivity index (χ3n) is 4.40. The zero-order valence-electron chi connectivity index (χ0n) is 16.0. The molecule has 0 spiro atoms. The van der Waals surface area contributed by atoms with Crippen molar-refractivity contribution in [3.05, 3.63) is 101 Å². The van der Waals surface area contributed by atoms with Gasteiger partial charge in [0.25, 0.3) is 0 Å². The zero-order valence-corrected chi connectivity index (χ0v) is 16.0. The maximum absolute atomic E-state index is 12.4. The van der Waals surface area contributed by atoms with E-state index >= 15 is 0 Å². The van der Waals surface area contributed by atoms with Crippen molar-refractivity contribution in [2.45, 2.75) is 20.5 Å². The smallest absolute Gasteiger partial charge is 0.344 e. The van der Waals surface area contributed by atoms with Crippen molar-refractivity contribution >= 4 is 11.8 Å². The summed E-state index contributed by atoms with van der Waals surface area (Å²) < 4.78 is 10.8. The van der Waals surface area contributed by atoms with Gasteiger partial charge in [-0.2, -0.15) is 0 Å². The Hall–Kier alpha value is -3.40. The van der Waals surface area contributed by atoms with Gasteiger partial charge in [0, 0.05) is 11.1 Å². The summed E-state index contributed by atoms with van der Waals surface area (Å²) in [5.41, 5.74) is 4.38. The van der Waals surface area contributed by atoms with Gasteiger partial charge in [-0.1, -0.05) is 54.1 Å². The van der Waals surface area contributed by atoms with E-state index in [0.29, 0.717) is 16.9 Å². The molecule has 3 rings (SSSR count). The lowest BCUT2D eigenvalue weighted by Gasteiger charge is -2.10. The molecule has 0 N–H and O–H groups in total. The highest BCUT2D eigenvalue weighted by molar-refractivity contribution is 6.08. The number of esters is 1. The summed E-state index contributed by atoms with van der Waals surface area (Å²) >= 11 is 0. The molecule has 0 aliphatic rings. The van der Waals surface area contributed by atoms with Crippen molar-refractivity contribution in [3.63, 3.8) is 0 Å². The summed E-state index contributed by atoms with van der Waals surface area (Å²) in [6, 6.07) is 21.8. The number of ketones is 1. The molecule has 0 saturated heterocycles. The van der Waals surface area contributed by atoms with Gasteiger partial charge >= 0.3 is 5.97 Å². The summed E-state index contributed by atoms with van der Waals surface area (Å²) in [4.78, 5) is 24.3. The molecule has 0 unspecified atom stereocenters. The molecule has 0 bridgehead atoms. The van der Waals surface area contributed by atoms with Crippen molar-refractivity contribution in [1.29, 1.82) is 0 Å². The number of hydrogen-bond acceptors (Lipinski definition) is 4. The average molecular weight is 374 g/mol. The molecule has 3 aromatic carbocycles. The summed E-state index contributed by atoms with van der Waals surface area (Å²) in [6.45, 7) is 4.02. The highest BCUT2D eigenvalue weighted by Gasteiger charge is 2.10. The molecule has 0 aliphatic heterocycles. The molecule has 0 heterocycles. The lowest BCUT2D eigenvalue weighted by molar-refractivity contribution is -0.147. The Balaban J connectivity index is 1.51. The zero-order chi connectivity index (χ0) is 19.9. The van der Waals surface area contributed by atoms with Crippen molar-refractivity contribution in [2.24, 2.45) is 0 Å². The van der Waals surface area contributed by atoms with Crippen molar-refractivity contribution < 1.29 is 19.1 Å². The van der Waals surface area contributed by atoms with Crippen molar-refractivity contribution in [2.75, 3.05) is 6.61 Å². The first-order valence-electron chi connectivity index (χ1n) is 9.07. The van der Waals surface area contributed by atoms with Gasteiger partial charge in [0.1, 0.15) is 12.4 Å². The predicted molar refractivity (Wildman–Crippen MR) is 108 cm³/mol. The Kier molecular flexibility index (Phi) is 6.22. The molecule has 0 saturated carbocycles. The first-order valence-corrected chi connectivity index (χ1v) is 9.07. The van der Waals surface area contributed by atoms with Gasteiger partial charge in [0.05, 0.1) is 0 Å². The molecule has 0 fully saturated rings. The summed E-state index contributed by atoms with van der Waals surface area (Å²) in [7, 11) is 0. The van der Waals surface area contributed by atoms with Crippen LogP contribution in [-0.2, 0) is 16.1 Å². The van der Waals surface area contributed by atoms with Crippen LogP contribution in [0.1, 0.15) is 32.6 Å². The number of carbonyl (C=O) groups excluding carboxylic acids is 2. The van der Waals surface area contributed by atoms with Crippen LogP contribution in [0.2, 0.25) is 0 Å². The normalized spacial score (nSPS) is 10.4. The molecule has 4 heteroatoms. The van der Waals surface area contributed by atoms with E-state index in [1.165, 1.54) is 0 Å². The van der Waals surface area contributed by atoms with Crippen LogP contribution in [0, 0.1) is 13.8 Å². The Morgan fingerprint density at radius 1 is 0.821 bits per heavy atom. The first kappa shape index (κ1) is 19.4. The van der Waals surface area contributed by atoms with Gasteiger partial charge in [-0.25, -0.2) is 4.79 Å². The molecule has 0 amide bonds. The van der Waals surface area contributed by atoms with Crippen molar-refractivity contribution in [1.82, 2.24) is 0 Å². The fourth-order valence-electron chi connectivity index (χ4n) is 2.76. The molecular formula is C24H22O4. The van der Waals surface area contributed by atoms with Crippen LogP contribution in [0.25, 0.3) is 0 Å². The van der Waals surface area contributed by atoms with Gasteiger partial charge in [0.15, 0.2) is 12.4 Å². The van der Waals surface area contributed by atoms with E-state index in [-0.39, 0.29) is 19.0 Å². The van der Waals surface area contributed by atoms with Crippen LogP contribution in [0.4, 0.5) is 0 Å². The molecular weight excluding hydrogens is 352 g/mol. The largest absolute Gasteiger partial charge is 0.482 e. The molecule has 4 nitrogen and oxygen atoms in total. The Bertz CT molecular complexity index is 960. The fraction of sp³-hybridized carbons (Fsp3) is 0.167. The fourth-order valence-corrected chi connectivity index (χ4v) is 2.76. The van der Waals surface area contributed by atoms with E-state index in [1.807, 2.05) is 50.2 Å². The standard InChI is InChI=1S/C24H22O4/c1-17-8-9-18(2)21(14-17)15-28-23(25)16-27-22-12-10-20(11-13-22)24(26)19-6-4-3-5-7-19/h3-14H,15-16H2,1-2H3. The maximum atomic E-state index is 12.4. The third kappa shape index (κ3) is 5.07. The second-order valence-electron chi connectivity index (χ2n) is 6.60. The van der Waals surface area contributed by atoms with Crippen LogP contribution in [0.5, 0.6) is 5.75 Å². The van der Waals surface area contributed by atoms with E-state index in [9.17, 15) is 9.59 Å². The summed E-state index contributed by atoms with van der Waals surface area (Å²) in [5.74, 6) is 0.0127. The highest BCUT2D eigenvalue weighted by Crippen LogP contribution is 2.16. The van der Waals surface area contributed by atoms with Crippen LogP contribution in [-0.4, -0.2) is 18.4 Å².